The van der Waals surface area contributed by atoms with E-state index in [1.807, 2.05) is 6.07 Å². The molecule has 1 aromatic rings. The SMILES string of the molecule is N#Cc1ccc(N2C(=O)[C@H]3[C@H]4C=C[C@@](CO)(O4)[C@H]3C2=O)cc1. The zero-order valence-electron chi connectivity index (χ0n) is 11.5. The molecule has 3 aliphatic rings. The predicted octanol–water partition coefficient (Wildman–Crippen LogP) is 0.364. The number of fused-ring (bicyclic) bond motifs is 5. The summed E-state index contributed by atoms with van der Waals surface area (Å²) >= 11 is 0. The summed E-state index contributed by atoms with van der Waals surface area (Å²) in [6.45, 7) is -0.332. The lowest BCUT2D eigenvalue weighted by Gasteiger charge is -2.26. The van der Waals surface area contributed by atoms with Gasteiger partial charge in [-0.1, -0.05) is 12.2 Å². The van der Waals surface area contributed by atoms with Gasteiger partial charge < -0.3 is 9.84 Å². The van der Waals surface area contributed by atoms with E-state index in [4.69, 9.17) is 10.00 Å². The van der Waals surface area contributed by atoms with E-state index in [0.717, 1.165) is 4.90 Å². The minimum atomic E-state index is -1.08. The molecule has 0 aliphatic carbocycles. The van der Waals surface area contributed by atoms with Crippen LogP contribution in [0.15, 0.2) is 36.4 Å². The summed E-state index contributed by atoms with van der Waals surface area (Å²) in [7, 11) is 0. The molecule has 2 saturated heterocycles. The molecule has 0 unspecified atom stereocenters. The number of rotatable bonds is 2. The van der Waals surface area contributed by atoms with Gasteiger partial charge in [0.05, 0.1) is 41.9 Å². The van der Waals surface area contributed by atoms with Crippen LogP contribution in [0.25, 0.3) is 0 Å². The molecule has 1 N–H and O–H groups in total. The quantitative estimate of drug-likeness (QED) is 0.628. The van der Waals surface area contributed by atoms with Crippen LogP contribution in [0.2, 0.25) is 0 Å². The Balaban J connectivity index is 1.74. The molecule has 2 amide bonds. The highest BCUT2D eigenvalue weighted by Crippen LogP contribution is 2.52. The van der Waals surface area contributed by atoms with Gasteiger partial charge >= 0.3 is 0 Å². The minimum Gasteiger partial charge on any atom is -0.393 e. The summed E-state index contributed by atoms with van der Waals surface area (Å²) in [5.74, 6) is -1.94. The molecule has 110 valence electrons. The van der Waals surface area contributed by atoms with Crippen LogP contribution in [-0.4, -0.2) is 35.2 Å². The zero-order chi connectivity index (χ0) is 15.5. The highest BCUT2D eigenvalue weighted by atomic mass is 16.5. The Bertz CT molecular complexity index is 748. The number of amides is 2. The number of carbonyl (C=O) groups is 2. The predicted molar refractivity (Wildman–Crippen MR) is 74.5 cm³/mol. The van der Waals surface area contributed by atoms with Crippen LogP contribution in [-0.2, 0) is 14.3 Å². The first-order valence-corrected chi connectivity index (χ1v) is 6.97. The minimum absolute atomic E-state index is 0.315. The molecule has 0 saturated carbocycles. The van der Waals surface area contributed by atoms with E-state index in [0.29, 0.717) is 11.3 Å². The molecule has 6 heteroatoms. The third-order valence-electron chi connectivity index (χ3n) is 4.66. The smallest absolute Gasteiger partial charge is 0.241 e. The second-order valence-corrected chi connectivity index (χ2v) is 5.73. The van der Waals surface area contributed by atoms with Crippen molar-refractivity contribution in [2.45, 2.75) is 11.7 Å². The lowest BCUT2D eigenvalue weighted by molar-refractivity contribution is -0.128. The van der Waals surface area contributed by atoms with Crippen LogP contribution in [0.3, 0.4) is 0 Å². The van der Waals surface area contributed by atoms with Gasteiger partial charge in [-0.05, 0) is 24.3 Å². The van der Waals surface area contributed by atoms with Crippen molar-refractivity contribution < 1.29 is 19.4 Å². The molecule has 1 aromatic carbocycles. The van der Waals surface area contributed by atoms with Crippen molar-refractivity contribution in [3.8, 4) is 6.07 Å². The second kappa shape index (κ2) is 4.26. The number of anilines is 1. The second-order valence-electron chi connectivity index (χ2n) is 5.73. The third-order valence-corrected chi connectivity index (χ3v) is 4.66. The molecule has 0 radical (unpaired) electrons. The summed E-state index contributed by atoms with van der Waals surface area (Å²) in [5, 5.41) is 18.4. The lowest BCUT2D eigenvalue weighted by Crippen LogP contribution is -2.43. The van der Waals surface area contributed by atoms with Crippen LogP contribution in [0.4, 0.5) is 5.69 Å². The summed E-state index contributed by atoms with van der Waals surface area (Å²) in [6.07, 6.45) is 2.97. The third kappa shape index (κ3) is 1.44. The number of imide groups is 1. The van der Waals surface area contributed by atoms with Gasteiger partial charge in [0.15, 0.2) is 0 Å². The first kappa shape index (κ1) is 13.2. The number of nitrogens with zero attached hydrogens (tertiary/aromatic N) is 2. The number of aliphatic hydroxyl groups excluding tert-OH is 1. The number of aliphatic hydroxyl groups is 1. The van der Waals surface area contributed by atoms with Gasteiger partial charge in [0, 0.05) is 0 Å². The number of hydrogen-bond donors (Lipinski definition) is 1. The van der Waals surface area contributed by atoms with Crippen LogP contribution < -0.4 is 4.90 Å². The van der Waals surface area contributed by atoms with E-state index in [9.17, 15) is 14.7 Å². The maximum absolute atomic E-state index is 12.7. The Labute approximate surface area is 126 Å². The van der Waals surface area contributed by atoms with Crippen molar-refractivity contribution >= 4 is 17.5 Å². The Morgan fingerprint density at radius 1 is 1.27 bits per heavy atom. The van der Waals surface area contributed by atoms with Crippen molar-refractivity contribution in [2.75, 3.05) is 11.5 Å². The van der Waals surface area contributed by atoms with E-state index < -0.39 is 23.5 Å². The Morgan fingerprint density at radius 2 is 2.00 bits per heavy atom. The van der Waals surface area contributed by atoms with Gasteiger partial charge in [-0.25, -0.2) is 4.90 Å². The van der Waals surface area contributed by atoms with Crippen molar-refractivity contribution in [3.63, 3.8) is 0 Å². The number of hydrogen-bond acceptors (Lipinski definition) is 5. The molecule has 6 nitrogen and oxygen atoms in total. The first-order valence-electron chi connectivity index (χ1n) is 6.97. The van der Waals surface area contributed by atoms with Gasteiger partial charge in [0.2, 0.25) is 11.8 Å². The summed E-state index contributed by atoms with van der Waals surface area (Å²) in [4.78, 5) is 26.5. The molecule has 3 aliphatic heterocycles. The topological polar surface area (TPSA) is 90.6 Å². The zero-order valence-corrected chi connectivity index (χ0v) is 11.5. The van der Waals surface area contributed by atoms with Gasteiger partial charge in [-0.15, -0.1) is 0 Å². The van der Waals surface area contributed by atoms with Crippen molar-refractivity contribution in [1.29, 1.82) is 5.26 Å². The number of carbonyl (C=O) groups excluding carboxylic acids is 2. The molecule has 22 heavy (non-hydrogen) atoms. The lowest BCUT2D eigenvalue weighted by atomic mass is 9.77. The molecule has 3 heterocycles. The molecular weight excluding hydrogens is 284 g/mol. The number of ether oxygens (including phenoxy) is 1. The van der Waals surface area contributed by atoms with Gasteiger partial charge in [0.1, 0.15) is 5.60 Å². The largest absolute Gasteiger partial charge is 0.393 e. The molecule has 2 fully saturated rings. The summed E-state index contributed by atoms with van der Waals surface area (Å²) in [6, 6.07) is 8.29. The monoisotopic (exact) mass is 296 g/mol. The van der Waals surface area contributed by atoms with Crippen LogP contribution in [0.5, 0.6) is 0 Å². The maximum atomic E-state index is 12.7. The van der Waals surface area contributed by atoms with E-state index in [1.165, 1.54) is 0 Å². The van der Waals surface area contributed by atoms with Crippen molar-refractivity contribution in [3.05, 3.63) is 42.0 Å². The maximum Gasteiger partial charge on any atom is 0.241 e. The van der Waals surface area contributed by atoms with E-state index in [2.05, 4.69) is 0 Å². The fourth-order valence-electron chi connectivity index (χ4n) is 3.62. The van der Waals surface area contributed by atoms with Crippen LogP contribution in [0, 0.1) is 23.2 Å². The van der Waals surface area contributed by atoms with Gasteiger partial charge in [0.25, 0.3) is 0 Å². The highest BCUT2D eigenvalue weighted by molar-refractivity contribution is 6.23. The van der Waals surface area contributed by atoms with E-state index in [-0.39, 0.29) is 18.4 Å². The van der Waals surface area contributed by atoms with E-state index in [1.54, 1.807) is 36.4 Å². The van der Waals surface area contributed by atoms with Gasteiger partial charge in [-0.3, -0.25) is 9.59 Å². The number of benzene rings is 1. The van der Waals surface area contributed by atoms with Gasteiger partial charge in [-0.2, -0.15) is 5.26 Å². The molecule has 4 rings (SSSR count). The van der Waals surface area contributed by atoms with Crippen LogP contribution in [0.1, 0.15) is 5.56 Å². The Hall–Kier alpha value is -2.49. The fraction of sp³-hybridized carbons (Fsp3) is 0.312. The molecule has 4 atom stereocenters. The fourth-order valence-corrected chi connectivity index (χ4v) is 3.62. The summed E-state index contributed by atoms with van der Waals surface area (Å²) < 4.78 is 5.67. The average Bonchev–Trinajstić information content (AvgIpc) is 3.19. The Morgan fingerprint density at radius 3 is 2.64 bits per heavy atom. The molecule has 2 bridgehead atoms. The first-order chi connectivity index (χ1) is 10.6. The van der Waals surface area contributed by atoms with Crippen LogP contribution >= 0.6 is 0 Å². The Kier molecular flexibility index (Phi) is 2.55. The molecule has 0 spiro atoms. The van der Waals surface area contributed by atoms with E-state index >= 15 is 0 Å². The van der Waals surface area contributed by atoms with Crippen molar-refractivity contribution in [1.82, 2.24) is 0 Å². The number of nitriles is 1. The average molecular weight is 296 g/mol. The highest BCUT2D eigenvalue weighted by Gasteiger charge is 2.67. The molecule has 0 aromatic heterocycles. The normalized spacial score (nSPS) is 35.1. The summed E-state index contributed by atoms with van der Waals surface area (Å²) in [5.41, 5.74) is -0.181. The van der Waals surface area contributed by atoms with Crippen molar-refractivity contribution in [2.24, 2.45) is 11.8 Å². The standard InChI is InChI=1S/C16H12N2O4/c17-7-9-1-3-10(4-2-9)18-14(20)12-11-5-6-16(8-19,22-11)13(12)15(18)21/h1-6,11-13,19H,8H2/t11-,12+,13-,16+/m1/s1. The molecular formula is C16H12N2O4.